The summed E-state index contributed by atoms with van der Waals surface area (Å²) in [6.45, 7) is 3.68. The van der Waals surface area contributed by atoms with E-state index in [1.54, 1.807) is 17.0 Å². The highest BCUT2D eigenvalue weighted by atomic mass is 15.3. The molecule has 0 aliphatic carbocycles. The van der Waals surface area contributed by atoms with Gasteiger partial charge in [0.2, 0.25) is 0 Å². The van der Waals surface area contributed by atoms with E-state index in [1.807, 2.05) is 24.5 Å². The molecule has 1 aliphatic rings. The summed E-state index contributed by atoms with van der Waals surface area (Å²) in [6.07, 6.45) is 11.0. The zero-order valence-corrected chi connectivity index (χ0v) is 7.72. The second-order valence-corrected chi connectivity index (χ2v) is 3.07. The summed E-state index contributed by atoms with van der Waals surface area (Å²) in [5.74, 6) is 0. The molecule has 0 spiro atoms. The van der Waals surface area contributed by atoms with E-state index in [0.29, 0.717) is 0 Å². The van der Waals surface area contributed by atoms with Crippen molar-refractivity contribution in [3.05, 3.63) is 48.6 Å². The molecular formula is C10H12N4. The van der Waals surface area contributed by atoms with Crippen LogP contribution in [-0.2, 0) is 0 Å². The van der Waals surface area contributed by atoms with Crippen LogP contribution in [0.15, 0.2) is 43.0 Å². The minimum atomic E-state index is -0.00583. The lowest BCUT2D eigenvalue weighted by Gasteiger charge is -2.17. The molecule has 0 fully saturated rings. The Hall–Kier alpha value is -1.97. The Kier molecular flexibility index (Phi) is 2.10. The Balaban J connectivity index is 2.23. The van der Waals surface area contributed by atoms with Crippen LogP contribution in [-0.4, -0.2) is 9.78 Å². The van der Waals surface area contributed by atoms with Crippen LogP contribution in [0, 0.1) is 0 Å². The second kappa shape index (κ2) is 3.41. The minimum absolute atomic E-state index is 0.00583. The van der Waals surface area contributed by atoms with Crippen molar-refractivity contribution in [2.24, 2.45) is 5.73 Å². The molecule has 1 atom stereocenters. The van der Waals surface area contributed by atoms with Gasteiger partial charge in [-0.3, -0.25) is 0 Å². The van der Waals surface area contributed by atoms with Crippen molar-refractivity contribution < 1.29 is 0 Å². The molecule has 3 N–H and O–H groups in total. The smallest absolute Gasteiger partial charge is 0.141 e. The summed E-state index contributed by atoms with van der Waals surface area (Å²) in [5.41, 5.74) is 7.41. The van der Waals surface area contributed by atoms with E-state index in [-0.39, 0.29) is 6.17 Å². The highest BCUT2D eigenvalue weighted by molar-refractivity contribution is 5.43. The molecule has 1 aromatic rings. The molecule has 0 saturated carbocycles. The van der Waals surface area contributed by atoms with Crippen molar-refractivity contribution in [2.45, 2.75) is 6.17 Å². The van der Waals surface area contributed by atoms with Crippen LogP contribution in [0.1, 0.15) is 11.7 Å². The lowest BCUT2D eigenvalue weighted by molar-refractivity contribution is 0.488. The first-order valence-corrected chi connectivity index (χ1v) is 4.36. The lowest BCUT2D eigenvalue weighted by atomic mass is 10.3. The van der Waals surface area contributed by atoms with Gasteiger partial charge in [-0.05, 0) is 12.2 Å². The largest absolute Gasteiger partial charge is 0.399 e. The third-order valence-electron chi connectivity index (χ3n) is 2.04. The highest BCUT2D eigenvalue weighted by Crippen LogP contribution is 2.11. The minimum Gasteiger partial charge on any atom is -0.399 e. The fraction of sp³-hybridized carbons (Fsp3) is 0.100. The first-order chi connectivity index (χ1) is 6.79. The molecular weight excluding hydrogens is 176 g/mol. The van der Waals surface area contributed by atoms with Crippen LogP contribution in [0.25, 0.3) is 6.08 Å². The Morgan fingerprint density at radius 3 is 3.14 bits per heavy atom. The molecule has 4 nitrogen and oxygen atoms in total. The van der Waals surface area contributed by atoms with Crippen molar-refractivity contribution >= 4 is 6.08 Å². The van der Waals surface area contributed by atoms with Gasteiger partial charge < -0.3 is 11.1 Å². The Bertz CT molecular complexity index is 400. The molecule has 2 rings (SSSR count). The van der Waals surface area contributed by atoms with Gasteiger partial charge in [0.15, 0.2) is 0 Å². The van der Waals surface area contributed by atoms with Crippen LogP contribution in [0.4, 0.5) is 0 Å². The summed E-state index contributed by atoms with van der Waals surface area (Å²) in [5, 5.41) is 7.33. The molecule has 0 aromatic carbocycles. The molecule has 72 valence electrons. The molecule has 14 heavy (non-hydrogen) atoms. The van der Waals surface area contributed by atoms with E-state index in [1.165, 1.54) is 0 Å². The van der Waals surface area contributed by atoms with Gasteiger partial charge in [0, 0.05) is 23.7 Å². The molecule has 0 saturated heterocycles. The Labute approximate surface area is 82.4 Å². The maximum atomic E-state index is 5.67. The number of dihydropyridines is 1. The number of rotatable bonds is 2. The number of nitrogens with zero attached hydrogens (tertiary/aromatic N) is 2. The molecule has 2 heterocycles. The van der Waals surface area contributed by atoms with Gasteiger partial charge in [0.1, 0.15) is 6.17 Å². The number of hydrogen-bond acceptors (Lipinski definition) is 3. The van der Waals surface area contributed by atoms with Gasteiger partial charge in [0.25, 0.3) is 0 Å². The summed E-state index contributed by atoms with van der Waals surface area (Å²) >= 11 is 0. The van der Waals surface area contributed by atoms with Crippen molar-refractivity contribution in [3.63, 3.8) is 0 Å². The average molecular weight is 188 g/mol. The highest BCUT2D eigenvalue weighted by Gasteiger charge is 2.09. The summed E-state index contributed by atoms with van der Waals surface area (Å²) in [4.78, 5) is 0. The van der Waals surface area contributed by atoms with E-state index >= 15 is 0 Å². The SMILES string of the molecule is C=Cc1cnn(C2C=C(N)C=CN2)c1. The predicted octanol–water partition coefficient (Wildman–Crippen LogP) is 0.984. The molecule has 1 aliphatic heterocycles. The van der Waals surface area contributed by atoms with E-state index in [9.17, 15) is 0 Å². The van der Waals surface area contributed by atoms with E-state index in [0.717, 1.165) is 11.3 Å². The third kappa shape index (κ3) is 1.54. The van der Waals surface area contributed by atoms with Gasteiger partial charge in [-0.25, -0.2) is 4.68 Å². The maximum Gasteiger partial charge on any atom is 0.141 e. The quantitative estimate of drug-likeness (QED) is 0.727. The first-order valence-electron chi connectivity index (χ1n) is 4.36. The maximum absolute atomic E-state index is 5.67. The van der Waals surface area contributed by atoms with Gasteiger partial charge >= 0.3 is 0 Å². The van der Waals surface area contributed by atoms with Crippen molar-refractivity contribution in [1.29, 1.82) is 0 Å². The van der Waals surface area contributed by atoms with Gasteiger partial charge in [-0.2, -0.15) is 5.10 Å². The second-order valence-electron chi connectivity index (χ2n) is 3.07. The van der Waals surface area contributed by atoms with Gasteiger partial charge in [-0.15, -0.1) is 0 Å². The molecule has 0 radical (unpaired) electrons. The molecule has 0 bridgehead atoms. The molecule has 1 unspecified atom stereocenters. The average Bonchev–Trinajstić information content (AvgIpc) is 2.66. The normalized spacial score (nSPS) is 20.0. The standard InChI is InChI=1S/C10H12N4/c1-2-8-6-13-14(7-8)10-5-9(11)3-4-12-10/h2-7,10,12H,1,11H2. The number of nitrogens with one attached hydrogen (secondary N) is 1. The van der Waals surface area contributed by atoms with Crippen LogP contribution >= 0.6 is 0 Å². The summed E-state index contributed by atoms with van der Waals surface area (Å²) in [7, 11) is 0. The molecule has 4 heteroatoms. The Morgan fingerprint density at radius 2 is 2.50 bits per heavy atom. The van der Waals surface area contributed by atoms with Crippen LogP contribution < -0.4 is 11.1 Å². The van der Waals surface area contributed by atoms with E-state index in [2.05, 4.69) is 17.0 Å². The summed E-state index contributed by atoms with van der Waals surface area (Å²) < 4.78 is 1.80. The van der Waals surface area contributed by atoms with Crippen LogP contribution in [0.3, 0.4) is 0 Å². The number of allylic oxidation sites excluding steroid dienone is 1. The topological polar surface area (TPSA) is 55.9 Å². The number of hydrogen-bond donors (Lipinski definition) is 2. The fourth-order valence-corrected chi connectivity index (χ4v) is 1.29. The van der Waals surface area contributed by atoms with Crippen molar-refractivity contribution in [2.75, 3.05) is 0 Å². The van der Waals surface area contributed by atoms with Gasteiger partial charge in [0.05, 0.1) is 6.20 Å². The van der Waals surface area contributed by atoms with Crippen LogP contribution in [0.2, 0.25) is 0 Å². The zero-order chi connectivity index (χ0) is 9.97. The third-order valence-corrected chi connectivity index (χ3v) is 2.04. The van der Waals surface area contributed by atoms with Crippen molar-refractivity contribution in [3.8, 4) is 0 Å². The van der Waals surface area contributed by atoms with E-state index in [4.69, 9.17) is 5.73 Å². The van der Waals surface area contributed by atoms with E-state index < -0.39 is 0 Å². The number of aromatic nitrogens is 2. The molecule has 1 aromatic heterocycles. The predicted molar refractivity (Wildman–Crippen MR) is 55.9 cm³/mol. The van der Waals surface area contributed by atoms with Crippen molar-refractivity contribution in [1.82, 2.24) is 15.1 Å². The molecule has 0 amide bonds. The Morgan fingerprint density at radius 1 is 1.64 bits per heavy atom. The van der Waals surface area contributed by atoms with Gasteiger partial charge in [-0.1, -0.05) is 12.7 Å². The monoisotopic (exact) mass is 188 g/mol. The zero-order valence-electron chi connectivity index (χ0n) is 7.72. The lowest BCUT2D eigenvalue weighted by Crippen LogP contribution is -2.24. The number of nitrogens with two attached hydrogens (primary N) is 1. The fourth-order valence-electron chi connectivity index (χ4n) is 1.29. The first kappa shape index (κ1) is 8.62. The van der Waals surface area contributed by atoms with Crippen LogP contribution in [0.5, 0.6) is 0 Å². The summed E-state index contributed by atoms with van der Waals surface area (Å²) in [6, 6.07) is 0.